The van der Waals surface area contributed by atoms with Crippen LogP contribution in [0.5, 0.6) is 11.5 Å². The average molecular weight is 188 g/mol. The zero-order chi connectivity index (χ0) is 9.40. The van der Waals surface area contributed by atoms with E-state index in [1.807, 2.05) is 0 Å². The van der Waals surface area contributed by atoms with Crippen molar-refractivity contribution in [2.24, 2.45) is 11.5 Å². The van der Waals surface area contributed by atoms with Crippen molar-refractivity contribution in [1.29, 1.82) is 0 Å². The summed E-state index contributed by atoms with van der Waals surface area (Å²) in [5, 5.41) is 17.3. The van der Waals surface area contributed by atoms with E-state index in [1.165, 1.54) is 24.3 Å². The second-order valence-corrected chi connectivity index (χ2v) is 2.09. The fraction of sp³-hybridized carbons (Fsp3) is 0.250. The van der Waals surface area contributed by atoms with Crippen LogP contribution in [-0.2, 0) is 0 Å². The third kappa shape index (κ3) is 8.61. The lowest BCUT2D eigenvalue weighted by molar-refractivity contribution is 0.460. The van der Waals surface area contributed by atoms with Crippen molar-refractivity contribution in [3.63, 3.8) is 0 Å². The van der Waals surface area contributed by atoms with E-state index in [1.54, 1.807) is 0 Å². The molecule has 13 heavy (non-hydrogen) atoms. The van der Waals surface area contributed by atoms with Crippen molar-refractivity contribution in [2.75, 3.05) is 13.1 Å². The maximum absolute atomic E-state index is 8.65. The van der Waals surface area contributed by atoms with Gasteiger partial charge in [0.15, 0.2) is 0 Å². The zero-order valence-electron chi connectivity index (χ0n) is 7.27. The van der Waals surface area contributed by atoms with Crippen LogP contribution in [0.1, 0.15) is 0 Å². The molecule has 8 N–H and O–H groups in total. The van der Waals surface area contributed by atoms with Crippen LogP contribution in [0, 0.1) is 0 Å². The molecule has 0 atom stereocenters. The van der Waals surface area contributed by atoms with Crippen LogP contribution in [0.25, 0.3) is 0 Å². The first-order valence-corrected chi connectivity index (χ1v) is 3.59. The van der Waals surface area contributed by atoms with Crippen molar-refractivity contribution in [1.82, 2.24) is 0 Å². The molecule has 5 heteroatoms. The maximum atomic E-state index is 8.65. The Balaban J connectivity index is 0. The Bertz CT molecular complexity index is 178. The largest absolute Gasteiger partial charge is 0.508 e. The van der Waals surface area contributed by atoms with Gasteiger partial charge < -0.3 is 27.2 Å². The summed E-state index contributed by atoms with van der Waals surface area (Å²) < 4.78 is 0. The predicted molar refractivity (Wildman–Crippen MR) is 51.5 cm³/mol. The van der Waals surface area contributed by atoms with Crippen LogP contribution in [0.4, 0.5) is 0 Å². The molecule has 1 aromatic carbocycles. The highest BCUT2D eigenvalue weighted by molar-refractivity contribution is 5.28. The lowest BCUT2D eigenvalue weighted by Gasteiger charge is -1.88. The molecule has 0 spiro atoms. The second-order valence-electron chi connectivity index (χ2n) is 2.09. The Hall–Kier alpha value is -1.30. The molecule has 0 unspecified atom stereocenters. The minimum Gasteiger partial charge on any atom is -0.508 e. The Morgan fingerprint density at radius 1 is 0.846 bits per heavy atom. The Kier molecular flexibility index (Phi) is 9.63. The maximum Gasteiger partial charge on any atom is 0.115 e. The van der Waals surface area contributed by atoms with Gasteiger partial charge in [0.25, 0.3) is 0 Å². The number of phenolic OH excluding ortho intramolecular Hbond substituents is 2. The molecule has 0 aromatic heterocycles. The molecule has 0 radical (unpaired) electrons. The van der Waals surface area contributed by atoms with Crippen molar-refractivity contribution in [2.45, 2.75) is 0 Å². The van der Waals surface area contributed by atoms with Gasteiger partial charge in [-0.3, -0.25) is 0 Å². The highest BCUT2D eigenvalue weighted by atomic mass is 16.3. The molecule has 1 aromatic rings. The fourth-order valence-corrected chi connectivity index (χ4v) is 0.453. The number of phenols is 2. The third-order valence-electron chi connectivity index (χ3n) is 1.02. The number of benzene rings is 1. The molecule has 0 saturated carbocycles. The Morgan fingerprint density at radius 2 is 1.08 bits per heavy atom. The van der Waals surface area contributed by atoms with Gasteiger partial charge in [-0.05, 0) is 24.3 Å². The van der Waals surface area contributed by atoms with Gasteiger partial charge in [-0.2, -0.15) is 0 Å². The minimum absolute atomic E-state index is 0. The molecular formula is C8H16N2O3. The van der Waals surface area contributed by atoms with Gasteiger partial charge in [-0.15, -0.1) is 0 Å². The topological polar surface area (TPSA) is 124 Å². The van der Waals surface area contributed by atoms with Gasteiger partial charge >= 0.3 is 0 Å². The van der Waals surface area contributed by atoms with Gasteiger partial charge in [0, 0.05) is 13.1 Å². The summed E-state index contributed by atoms with van der Waals surface area (Å²) in [4.78, 5) is 0. The normalized spacial score (nSPS) is 7.85. The van der Waals surface area contributed by atoms with Gasteiger partial charge in [-0.25, -0.2) is 0 Å². The summed E-state index contributed by atoms with van der Waals surface area (Å²) in [6, 6.07) is 5.70. The standard InChI is InChI=1S/C6H6O2.C2H8N2.H2O/c7-5-1-2-6(8)4-3-5;3-1-2-4;/h1-4,7-8H;1-4H2;1H2. The molecule has 76 valence electrons. The predicted octanol–water partition coefficient (Wildman–Crippen LogP) is -0.823. The van der Waals surface area contributed by atoms with Crippen molar-refractivity contribution < 1.29 is 15.7 Å². The Labute approximate surface area is 76.9 Å². The molecule has 5 nitrogen and oxygen atoms in total. The summed E-state index contributed by atoms with van der Waals surface area (Å²) in [5.41, 5.74) is 9.81. The number of hydrogen-bond donors (Lipinski definition) is 4. The molecule has 0 aliphatic rings. The second kappa shape index (κ2) is 8.79. The molecule has 0 heterocycles. The monoisotopic (exact) mass is 188 g/mol. The van der Waals surface area contributed by atoms with Crippen LogP contribution < -0.4 is 11.5 Å². The van der Waals surface area contributed by atoms with E-state index < -0.39 is 0 Å². The lowest BCUT2D eigenvalue weighted by atomic mass is 10.3. The van der Waals surface area contributed by atoms with Gasteiger partial charge in [0.1, 0.15) is 11.5 Å². The van der Waals surface area contributed by atoms with E-state index in [-0.39, 0.29) is 17.0 Å². The first-order chi connectivity index (χ1) is 5.70. The Morgan fingerprint density at radius 3 is 1.23 bits per heavy atom. The molecule has 0 aliphatic carbocycles. The number of aromatic hydroxyl groups is 2. The molecule has 0 aliphatic heterocycles. The first kappa shape index (κ1) is 14.2. The number of nitrogens with two attached hydrogens (primary N) is 2. The quantitative estimate of drug-likeness (QED) is 0.429. The first-order valence-electron chi connectivity index (χ1n) is 3.59. The van der Waals surface area contributed by atoms with E-state index in [4.69, 9.17) is 21.7 Å². The smallest absolute Gasteiger partial charge is 0.115 e. The summed E-state index contributed by atoms with van der Waals surface area (Å²) >= 11 is 0. The molecule has 0 bridgehead atoms. The van der Waals surface area contributed by atoms with Crippen LogP contribution in [-0.4, -0.2) is 28.8 Å². The van der Waals surface area contributed by atoms with E-state index in [2.05, 4.69) is 0 Å². The highest BCUT2D eigenvalue weighted by Gasteiger charge is 1.84. The zero-order valence-corrected chi connectivity index (χ0v) is 7.27. The molecule has 0 amide bonds. The van der Waals surface area contributed by atoms with E-state index >= 15 is 0 Å². The highest BCUT2D eigenvalue weighted by Crippen LogP contribution is 2.13. The summed E-state index contributed by atoms with van der Waals surface area (Å²) in [7, 11) is 0. The lowest BCUT2D eigenvalue weighted by Crippen LogP contribution is -2.11. The van der Waals surface area contributed by atoms with Crippen LogP contribution in [0.15, 0.2) is 24.3 Å². The summed E-state index contributed by atoms with van der Waals surface area (Å²) in [6.07, 6.45) is 0. The van der Waals surface area contributed by atoms with Gasteiger partial charge in [0.05, 0.1) is 0 Å². The molecule has 0 fully saturated rings. The number of hydrogen-bond acceptors (Lipinski definition) is 4. The van der Waals surface area contributed by atoms with Crippen LogP contribution in [0.2, 0.25) is 0 Å². The molecular weight excluding hydrogens is 172 g/mol. The fourth-order valence-electron chi connectivity index (χ4n) is 0.453. The SMILES string of the molecule is NCCN.O.Oc1ccc(O)cc1. The van der Waals surface area contributed by atoms with Crippen molar-refractivity contribution in [3.8, 4) is 11.5 Å². The molecule has 1 rings (SSSR count). The third-order valence-corrected chi connectivity index (χ3v) is 1.02. The number of rotatable bonds is 1. The van der Waals surface area contributed by atoms with Gasteiger partial charge in [0.2, 0.25) is 0 Å². The van der Waals surface area contributed by atoms with Crippen molar-refractivity contribution in [3.05, 3.63) is 24.3 Å². The van der Waals surface area contributed by atoms with E-state index in [0.717, 1.165) is 0 Å². The van der Waals surface area contributed by atoms with Crippen molar-refractivity contribution >= 4 is 0 Å². The molecule has 0 saturated heterocycles. The van der Waals surface area contributed by atoms with E-state index in [9.17, 15) is 0 Å². The summed E-state index contributed by atoms with van der Waals surface area (Å²) in [6.45, 7) is 1.19. The van der Waals surface area contributed by atoms with Gasteiger partial charge in [-0.1, -0.05) is 0 Å². The average Bonchev–Trinajstić information content (AvgIpc) is 2.11. The summed E-state index contributed by atoms with van der Waals surface area (Å²) in [5.74, 6) is 0.339. The van der Waals surface area contributed by atoms with Crippen LogP contribution >= 0.6 is 0 Å². The minimum atomic E-state index is 0. The van der Waals surface area contributed by atoms with E-state index in [0.29, 0.717) is 13.1 Å². The van der Waals surface area contributed by atoms with Crippen LogP contribution in [0.3, 0.4) is 0 Å².